The van der Waals surface area contributed by atoms with E-state index in [-0.39, 0.29) is 17.5 Å². The standard InChI is InChI=1S/C15H24N2O2S/c1-9-5-11(7-15(3,4)6-9)19-14(18)13-10(2)17-12(8-16)20-13/h9,11H,5-8,16H2,1-4H3. The van der Waals surface area contributed by atoms with Crippen molar-refractivity contribution in [3.05, 3.63) is 15.6 Å². The van der Waals surface area contributed by atoms with Crippen LogP contribution in [0.3, 0.4) is 0 Å². The molecular formula is C15H24N2O2S. The summed E-state index contributed by atoms with van der Waals surface area (Å²) < 4.78 is 5.71. The van der Waals surface area contributed by atoms with Gasteiger partial charge in [0.15, 0.2) is 0 Å². The van der Waals surface area contributed by atoms with Crippen LogP contribution in [0.2, 0.25) is 0 Å². The molecular weight excluding hydrogens is 272 g/mol. The molecule has 1 saturated carbocycles. The smallest absolute Gasteiger partial charge is 0.350 e. The zero-order valence-corrected chi connectivity index (χ0v) is 13.5. The highest BCUT2D eigenvalue weighted by Gasteiger charge is 2.34. The molecule has 20 heavy (non-hydrogen) atoms. The minimum atomic E-state index is -0.241. The number of hydrogen-bond acceptors (Lipinski definition) is 5. The van der Waals surface area contributed by atoms with Crippen molar-refractivity contribution < 1.29 is 9.53 Å². The van der Waals surface area contributed by atoms with Crippen molar-refractivity contribution in [3.63, 3.8) is 0 Å². The topological polar surface area (TPSA) is 65.2 Å². The van der Waals surface area contributed by atoms with E-state index >= 15 is 0 Å². The Balaban J connectivity index is 2.05. The Kier molecular flexibility index (Phi) is 4.49. The first-order valence-electron chi connectivity index (χ1n) is 7.18. The lowest BCUT2D eigenvalue weighted by Crippen LogP contribution is -2.33. The molecule has 0 spiro atoms. The average Bonchev–Trinajstić information content (AvgIpc) is 2.67. The maximum absolute atomic E-state index is 12.3. The second-order valence-corrected chi connectivity index (χ2v) is 7.75. The number of ether oxygens (including phenoxy) is 1. The monoisotopic (exact) mass is 296 g/mol. The number of nitrogens with two attached hydrogens (primary N) is 1. The van der Waals surface area contributed by atoms with Gasteiger partial charge in [-0.3, -0.25) is 0 Å². The van der Waals surface area contributed by atoms with Crippen LogP contribution in [0, 0.1) is 18.3 Å². The molecule has 1 aromatic heterocycles. The van der Waals surface area contributed by atoms with Crippen LogP contribution in [0.25, 0.3) is 0 Å². The summed E-state index contributed by atoms with van der Waals surface area (Å²) >= 11 is 1.35. The number of esters is 1. The van der Waals surface area contributed by atoms with Gasteiger partial charge in [-0.25, -0.2) is 9.78 Å². The molecule has 2 atom stereocenters. The summed E-state index contributed by atoms with van der Waals surface area (Å²) in [5.41, 5.74) is 6.54. The quantitative estimate of drug-likeness (QED) is 0.869. The Morgan fingerprint density at radius 3 is 2.75 bits per heavy atom. The Hall–Kier alpha value is -0.940. The number of carbonyl (C=O) groups excluding carboxylic acids is 1. The highest BCUT2D eigenvalue weighted by atomic mass is 32.1. The molecule has 1 aliphatic carbocycles. The highest BCUT2D eigenvalue weighted by molar-refractivity contribution is 7.13. The molecule has 1 aromatic rings. The zero-order valence-electron chi connectivity index (χ0n) is 12.7. The van der Waals surface area contributed by atoms with Crippen molar-refractivity contribution in [2.24, 2.45) is 17.1 Å². The molecule has 0 amide bonds. The van der Waals surface area contributed by atoms with Crippen molar-refractivity contribution >= 4 is 17.3 Å². The van der Waals surface area contributed by atoms with Gasteiger partial charge in [0.1, 0.15) is 16.0 Å². The van der Waals surface area contributed by atoms with Crippen LogP contribution in [0.15, 0.2) is 0 Å². The second kappa shape index (κ2) is 5.82. The second-order valence-electron chi connectivity index (χ2n) is 6.67. The summed E-state index contributed by atoms with van der Waals surface area (Å²) in [5.74, 6) is 0.355. The number of aryl methyl sites for hydroxylation is 1. The number of carbonyl (C=O) groups is 1. The van der Waals surface area contributed by atoms with E-state index in [1.54, 1.807) is 0 Å². The van der Waals surface area contributed by atoms with Gasteiger partial charge in [-0.2, -0.15) is 0 Å². The maximum atomic E-state index is 12.3. The van der Waals surface area contributed by atoms with Crippen LogP contribution in [-0.4, -0.2) is 17.1 Å². The van der Waals surface area contributed by atoms with E-state index in [9.17, 15) is 4.79 Å². The third kappa shape index (κ3) is 3.58. The summed E-state index contributed by atoms with van der Waals surface area (Å²) in [6.07, 6.45) is 3.10. The van der Waals surface area contributed by atoms with E-state index < -0.39 is 0 Å². The fourth-order valence-electron chi connectivity index (χ4n) is 3.28. The van der Waals surface area contributed by atoms with E-state index in [4.69, 9.17) is 10.5 Å². The summed E-state index contributed by atoms with van der Waals surface area (Å²) in [5, 5.41) is 0.784. The van der Waals surface area contributed by atoms with Gasteiger partial charge in [-0.1, -0.05) is 20.8 Å². The van der Waals surface area contributed by atoms with Crippen LogP contribution in [0.4, 0.5) is 0 Å². The fourth-order valence-corrected chi connectivity index (χ4v) is 4.11. The van der Waals surface area contributed by atoms with E-state index in [1.165, 1.54) is 17.8 Å². The first kappa shape index (κ1) is 15.4. The molecule has 0 aromatic carbocycles. The Morgan fingerprint density at radius 1 is 1.50 bits per heavy atom. The van der Waals surface area contributed by atoms with Crippen LogP contribution in [0.1, 0.15) is 60.4 Å². The largest absolute Gasteiger partial charge is 0.458 e. The number of hydrogen-bond donors (Lipinski definition) is 1. The average molecular weight is 296 g/mol. The van der Waals surface area contributed by atoms with Crippen molar-refractivity contribution in [1.82, 2.24) is 4.98 Å². The van der Waals surface area contributed by atoms with Gasteiger partial charge in [0.2, 0.25) is 0 Å². The molecule has 5 heteroatoms. The SMILES string of the molecule is Cc1nc(CN)sc1C(=O)OC1CC(C)CC(C)(C)C1. The first-order valence-corrected chi connectivity index (χ1v) is 8.00. The van der Waals surface area contributed by atoms with Gasteiger partial charge in [-0.05, 0) is 37.5 Å². The van der Waals surface area contributed by atoms with Gasteiger partial charge in [-0.15, -0.1) is 11.3 Å². The normalized spacial score (nSPS) is 25.4. The minimum absolute atomic E-state index is 0.0177. The van der Waals surface area contributed by atoms with Crippen LogP contribution >= 0.6 is 11.3 Å². The summed E-state index contributed by atoms with van der Waals surface area (Å²) in [7, 11) is 0. The molecule has 1 heterocycles. The predicted molar refractivity (Wildman–Crippen MR) is 80.7 cm³/mol. The maximum Gasteiger partial charge on any atom is 0.350 e. The van der Waals surface area contributed by atoms with Crippen LogP contribution in [0.5, 0.6) is 0 Å². The minimum Gasteiger partial charge on any atom is -0.458 e. The number of rotatable bonds is 3. The van der Waals surface area contributed by atoms with Gasteiger partial charge in [0.25, 0.3) is 0 Å². The molecule has 0 bridgehead atoms. The molecule has 4 nitrogen and oxygen atoms in total. The molecule has 0 saturated heterocycles. The summed E-state index contributed by atoms with van der Waals surface area (Å²) in [6.45, 7) is 8.92. The van der Waals surface area contributed by atoms with Gasteiger partial charge in [0.05, 0.1) is 5.69 Å². The highest BCUT2D eigenvalue weighted by Crippen LogP contribution is 2.40. The molecule has 2 rings (SSSR count). The van der Waals surface area contributed by atoms with E-state index in [0.29, 0.717) is 17.3 Å². The summed E-state index contributed by atoms with van der Waals surface area (Å²) in [4.78, 5) is 17.2. The fraction of sp³-hybridized carbons (Fsp3) is 0.733. The van der Waals surface area contributed by atoms with E-state index in [1.807, 2.05) is 6.92 Å². The molecule has 2 N–H and O–H groups in total. The van der Waals surface area contributed by atoms with Crippen molar-refractivity contribution in [2.75, 3.05) is 0 Å². The lowest BCUT2D eigenvalue weighted by atomic mass is 9.71. The van der Waals surface area contributed by atoms with Crippen molar-refractivity contribution in [3.8, 4) is 0 Å². The number of thiazole rings is 1. The summed E-state index contributed by atoms with van der Waals surface area (Å²) in [6, 6.07) is 0. The predicted octanol–water partition coefficient (Wildman–Crippen LogP) is 3.28. The van der Waals surface area contributed by atoms with Crippen LogP contribution < -0.4 is 5.73 Å². The Morgan fingerprint density at radius 2 is 2.20 bits per heavy atom. The molecule has 112 valence electrons. The molecule has 0 radical (unpaired) electrons. The van der Waals surface area contributed by atoms with Gasteiger partial charge >= 0.3 is 5.97 Å². The van der Waals surface area contributed by atoms with Crippen molar-refractivity contribution in [1.29, 1.82) is 0 Å². The van der Waals surface area contributed by atoms with Crippen LogP contribution in [-0.2, 0) is 11.3 Å². The molecule has 2 unspecified atom stereocenters. The van der Waals surface area contributed by atoms with Gasteiger partial charge in [0, 0.05) is 6.54 Å². The molecule has 1 aliphatic rings. The Bertz CT molecular complexity index is 496. The van der Waals surface area contributed by atoms with E-state index in [2.05, 4.69) is 25.8 Å². The number of nitrogens with zero attached hydrogens (tertiary/aromatic N) is 1. The van der Waals surface area contributed by atoms with Crippen molar-refractivity contribution in [2.45, 2.75) is 59.6 Å². The lowest BCUT2D eigenvalue weighted by molar-refractivity contribution is -0.00677. The molecule has 0 aliphatic heterocycles. The Labute approximate surface area is 124 Å². The lowest BCUT2D eigenvalue weighted by Gasteiger charge is -2.38. The third-order valence-electron chi connectivity index (χ3n) is 3.82. The first-order chi connectivity index (χ1) is 9.30. The van der Waals surface area contributed by atoms with Gasteiger partial charge < -0.3 is 10.5 Å². The third-order valence-corrected chi connectivity index (χ3v) is 4.98. The zero-order chi connectivity index (χ0) is 14.9. The number of aromatic nitrogens is 1. The molecule has 1 fully saturated rings. The van der Waals surface area contributed by atoms with E-state index in [0.717, 1.165) is 23.5 Å².